The zero-order chi connectivity index (χ0) is 0. The van der Waals surface area contributed by atoms with E-state index in [1.807, 2.05) is 0 Å². The minimum absolute atomic E-state index is 0. The summed E-state index contributed by atoms with van der Waals surface area (Å²) in [6.07, 6.45) is 0. The summed E-state index contributed by atoms with van der Waals surface area (Å²) < 4.78 is 0. The van der Waals surface area contributed by atoms with Gasteiger partial charge in [-0.05, 0) is 0 Å². The Morgan fingerprint density at radius 2 is 0.109 bits per heavy atom. The molecule has 0 heterocycles. The van der Waals surface area contributed by atoms with Crippen molar-refractivity contribution in [1.29, 1.82) is 0 Å². The standard InChI is InChI=1S/39CH4.H2O.6Rf.2H2/h39*1H4;1H2;;;;;;;2*1H/p+2/i;;;;;;;;;;;;;;;;;;;;;;;;;;;;;;;;;;;;;;;;;;;;;;2*1+1. The molecular formula is C39H164ORf6+2. The van der Waals surface area contributed by atoms with E-state index in [0.717, 1.165) is 0 Å². The van der Waals surface area contributed by atoms with E-state index in [-0.39, 0.29) is 301 Å². The van der Waals surface area contributed by atoms with Crippen molar-refractivity contribution in [3.63, 3.8) is 0 Å². The van der Waals surface area contributed by atoms with E-state index in [0.29, 0.717) is 0 Å². The zero-order valence-corrected chi connectivity index (χ0v) is 43.1. The maximum atomic E-state index is 0. The van der Waals surface area contributed by atoms with Crippen LogP contribution in [0.3, 0.4) is 0 Å². The first-order valence-corrected chi connectivity index (χ1v) is 0. The van der Waals surface area contributed by atoms with Crippen LogP contribution in [0, 0.1) is 0 Å². The summed E-state index contributed by atoms with van der Waals surface area (Å²) >= 11 is 0. The van der Waals surface area contributed by atoms with Gasteiger partial charge < -0.3 is 5.48 Å². The van der Waals surface area contributed by atoms with Gasteiger partial charge in [-0.3, -0.25) is 0 Å². The van der Waals surface area contributed by atoms with Gasteiger partial charge in [0.2, 0.25) is 0 Å². The second kappa shape index (κ2) is 1540. The Bertz CT molecular complexity index is 52.6. The first-order valence-electron chi connectivity index (χ1n) is 0. The molecule has 0 radical (unpaired) electrons. The topological polar surface area (TPSA) is 31.5 Å². The molecule has 0 amide bonds. The zero-order valence-electron chi connectivity index (χ0n) is 6.74. The average molecular weight is 2250 g/mol. The molecule has 0 aromatic heterocycles. The predicted octanol–water partition coefficient (Wildman–Crippen LogP) is 24.7. The molecule has 0 saturated carbocycles. The minimum Gasteiger partial charge on any atom is -0.412 e. The molecule has 1 nitrogen and oxygen atoms in total. The molecule has 0 aliphatic carbocycles. The molecule has 0 aliphatic rings. The Hall–Kier alpha value is -6.04. The molecule has 0 spiro atoms. The molecule has 0 atom stereocenters. The third kappa shape index (κ3) is 1420. The van der Waals surface area contributed by atoms with Crippen LogP contribution in [0.2, 0.25) is 0 Å². The number of rotatable bonds is 0. The molecule has 46 heavy (non-hydrogen) atoms. The van der Waals surface area contributed by atoms with Crippen molar-refractivity contribution in [3.05, 3.63) is 0 Å². The van der Waals surface area contributed by atoms with Gasteiger partial charge in [0.05, 0.1) is 0 Å². The van der Waals surface area contributed by atoms with Gasteiger partial charge in [-0.15, -0.1) is 0 Å². The van der Waals surface area contributed by atoms with Gasteiger partial charge in [0.1, 0.15) is 0 Å². The van der Waals surface area contributed by atoms with Crippen LogP contribution in [-0.2, 0) is 0 Å². The quantitative estimate of drug-likeness (QED) is 0.232. The van der Waals surface area contributed by atoms with Crippen molar-refractivity contribution in [2.24, 2.45) is 0 Å². The van der Waals surface area contributed by atoms with Crippen molar-refractivity contribution < 1.29 is 11.2 Å². The summed E-state index contributed by atoms with van der Waals surface area (Å²) in [5.41, 5.74) is 0. The Morgan fingerprint density at radius 3 is 0.109 bits per heavy atom. The normalized spacial score (nSPS) is 0. The predicted molar refractivity (Wildman–Crippen MR) is 273 cm³/mol. The van der Waals surface area contributed by atoms with Gasteiger partial charge in [0.15, 0.2) is 0 Å². The summed E-state index contributed by atoms with van der Waals surface area (Å²) in [7, 11) is 0. The second-order valence-electron chi connectivity index (χ2n) is 0. The van der Waals surface area contributed by atoms with Crippen LogP contribution in [0.5, 0.6) is 0 Å². The van der Waals surface area contributed by atoms with Crippen molar-refractivity contribution in [2.75, 3.05) is 0 Å². The molecule has 0 aromatic rings. The van der Waals surface area contributed by atoms with E-state index in [1.165, 1.54) is 0 Å². The summed E-state index contributed by atoms with van der Waals surface area (Å²) in [4.78, 5) is 0. The van der Waals surface area contributed by atoms with Crippen molar-refractivity contribution >= 4 is 0 Å². The molecule has 0 fully saturated rings. The molecule has 0 rings (SSSR count). The maximum absolute atomic E-state index is 0. The summed E-state index contributed by atoms with van der Waals surface area (Å²) in [5.74, 6) is 0. The smallest absolute Gasteiger partial charge is 0.412 e. The van der Waals surface area contributed by atoms with Crippen LogP contribution in [0.1, 0.15) is 295 Å². The molecule has 0 unspecified atom stereocenters. The van der Waals surface area contributed by atoms with E-state index in [1.54, 1.807) is 0 Å². The van der Waals surface area contributed by atoms with E-state index in [2.05, 4.69) is 0 Å². The van der Waals surface area contributed by atoms with Crippen molar-refractivity contribution in [2.45, 2.75) is 290 Å². The molecule has 0 bridgehead atoms. The van der Waals surface area contributed by atoms with Crippen molar-refractivity contribution in [3.8, 4) is 0 Å². The molecule has 2 N–H and O–H groups in total. The fourth-order valence-electron chi connectivity index (χ4n) is 0. The van der Waals surface area contributed by atoms with Crippen LogP contribution in [0.4, 0.5) is 0 Å². The Labute approximate surface area is 300 Å². The van der Waals surface area contributed by atoms with Gasteiger partial charge >= 0.3 is 2.85 Å². The maximum Gasteiger partial charge on any atom is 1.00 e. The largest absolute Gasteiger partial charge is 1.00 e. The molecule has 0 saturated heterocycles. The van der Waals surface area contributed by atoms with Crippen LogP contribution in [0.25, 0.3) is 0 Å². The van der Waals surface area contributed by atoms with E-state index in [4.69, 9.17) is 0 Å². The van der Waals surface area contributed by atoms with Gasteiger partial charge in [-0.1, -0.05) is 290 Å². The van der Waals surface area contributed by atoms with E-state index < -0.39 is 0 Å². The molecule has 7 heteroatoms. The monoisotopic (exact) mass is 2250 g/mol. The molecule has 336 valence electrons. The summed E-state index contributed by atoms with van der Waals surface area (Å²) in [6, 6.07) is 0. The van der Waals surface area contributed by atoms with E-state index >= 15 is 0 Å². The second-order valence-corrected chi connectivity index (χ2v) is 0. The number of hydrogen-bond donors (Lipinski definition) is 0. The Morgan fingerprint density at radius 1 is 0.109 bits per heavy atom. The fourth-order valence-corrected chi connectivity index (χ4v) is 0. The van der Waals surface area contributed by atoms with Crippen LogP contribution in [-0.4, -0.2) is 5.48 Å². The van der Waals surface area contributed by atoms with Gasteiger partial charge in [-0.2, -0.15) is 0 Å². The van der Waals surface area contributed by atoms with Crippen LogP contribution in [0.15, 0.2) is 0 Å². The molecule has 0 aliphatic heterocycles. The third-order valence-electron chi connectivity index (χ3n) is 0. The van der Waals surface area contributed by atoms with Gasteiger partial charge in [0.25, 0.3) is 0 Å². The SMILES string of the molecule is C.C.C.C.C.C.C.C.C.C.C.C.C.C.C.C.C.C.C.C.C.C.C.C.C.C.C.C.C.C.C.C.C.C.C.C.C.C.C.O.[2HH].[2HH].[H+].[H+].[Rf].[Rf].[Rf].[Rf].[Rf].[Rf]. The van der Waals surface area contributed by atoms with Crippen molar-refractivity contribution in [1.82, 2.24) is 0 Å². The average Bonchev–Trinajstić information content (AvgIpc) is 0. The first-order chi connectivity index (χ1) is 0. The van der Waals surface area contributed by atoms with Crippen LogP contribution < -0.4 is 0 Å². The first kappa shape index (κ1) is 1660. The van der Waals surface area contributed by atoms with E-state index in [9.17, 15) is 0 Å². The number of hydrogen-bond acceptors (Lipinski definition) is 0. The fraction of sp³-hybridized carbons (Fsp3) is 1.00. The summed E-state index contributed by atoms with van der Waals surface area (Å²) in [5, 5.41) is 0. The van der Waals surface area contributed by atoms with Gasteiger partial charge in [0, 0.05) is 2.85 Å². The summed E-state index contributed by atoms with van der Waals surface area (Å²) in [6.45, 7) is 0. The molecular weight excluding hydrogens is 2090 g/mol. The Kier molecular flexibility index (Phi) is 55600. The third-order valence-corrected chi connectivity index (χ3v) is 0. The van der Waals surface area contributed by atoms with Gasteiger partial charge in [-0.25, -0.2) is 0 Å². The Balaban J connectivity index is 0. The minimum atomic E-state index is 0. The molecule has 0 aromatic carbocycles. The van der Waals surface area contributed by atoms with Crippen LogP contribution >= 0.6 is 0 Å².